The van der Waals surface area contributed by atoms with Gasteiger partial charge in [-0.15, -0.1) is 0 Å². The average Bonchev–Trinajstić information content (AvgIpc) is 2.84. The normalized spacial score (nSPS) is 21.8. The molecule has 1 aliphatic heterocycles. The van der Waals surface area contributed by atoms with Crippen LogP contribution >= 0.6 is 0 Å². The maximum absolute atomic E-state index is 11.9. The zero-order valence-corrected chi connectivity index (χ0v) is 11.1. The van der Waals surface area contributed by atoms with Crippen molar-refractivity contribution < 1.29 is 19.4 Å². The van der Waals surface area contributed by atoms with E-state index in [1.807, 2.05) is 30.3 Å². The molecule has 0 spiro atoms. The number of hydrogen-bond acceptors (Lipinski definition) is 4. The third-order valence-electron chi connectivity index (χ3n) is 3.41. The Hall–Kier alpha value is -2.08. The van der Waals surface area contributed by atoms with Crippen LogP contribution in [0, 0.1) is 0 Å². The number of carboxylic acids is 1. The van der Waals surface area contributed by atoms with E-state index in [9.17, 15) is 9.59 Å². The molecule has 1 unspecified atom stereocenters. The second-order valence-corrected chi connectivity index (χ2v) is 4.94. The van der Waals surface area contributed by atoms with Gasteiger partial charge in [-0.25, -0.2) is 0 Å². The molecule has 6 nitrogen and oxygen atoms in total. The summed E-state index contributed by atoms with van der Waals surface area (Å²) in [5.41, 5.74) is 4.42. The minimum atomic E-state index is -1.31. The van der Waals surface area contributed by atoms with E-state index in [-0.39, 0.29) is 31.9 Å². The Morgan fingerprint density at radius 2 is 2.05 bits per heavy atom. The summed E-state index contributed by atoms with van der Waals surface area (Å²) in [6, 6.07) is 9.22. The lowest BCUT2D eigenvalue weighted by Crippen LogP contribution is -2.50. The van der Waals surface area contributed by atoms with E-state index < -0.39 is 11.5 Å². The fourth-order valence-corrected chi connectivity index (χ4v) is 2.15. The molecule has 1 heterocycles. The van der Waals surface area contributed by atoms with Crippen molar-refractivity contribution in [1.82, 2.24) is 4.90 Å². The number of ether oxygens (including phenoxy) is 1. The SMILES string of the molecule is NC1(C(=O)O)CCN(C(=O)CCOc2ccccc2)C1. The number of hydrogen-bond donors (Lipinski definition) is 2. The van der Waals surface area contributed by atoms with Crippen LogP contribution in [0.3, 0.4) is 0 Å². The van der Waals surface area contributed by atoms with Crippen molar-refractivity contribution in [3.05, 3.63) is 30.3 Å². The molecule has 1 atom stereocenters. The van der Waals surface area contributed by atoms with E-state index in [0.717, 1.165) is 0 Å². The van der Waals surface area contributed by atoms with Gasteiger partial charge in [-0.1, -0.05) is 18.2 Å². The Morgan fingerprint density at radius 1 is 1.35 bits per heavy atom. The zero-order valence-electron chi connectivity index (χ0n) is 11.1. The van der Waals surface area contributed by atoms with E-state index in [4.69, 9.17) is 15.6 Å². The number of carbonyl (C=O) groups is 2. The highest BCUT2D eigenvalue weighted by molar-refractivity contribution is 5.83. The maximum atomic E-state index is 11.9. The first-order valence-electron chi connectivity index (χ1n) is 6.49. The molecule has 3 N–H and O–H groups in total. The van der Waals surface area contributed by atoms with Crippen molar-refractivity contribution in [1.29, 1.82) is 0 Å². The Morgan fingerprint density at radius 3 is 2.65 bits per heavy atom. The summed E-state index contributed by atoms with van der Waals surface area (Å²) in [5.74, 6) is -0.483. The fraction of sp³-hybridized carbons (Fsp3) is 0.429. The molecule has 1 aromatic rings. The van der Waals surface area contributed by atoms with E-state index >= 15 is 0 Å². The summed E-state index contributed by atoms with van der Waals surface area (Å²) in [7, 11) is 0. The molecule has 20 heavy (non-hydrogen) atoms. The molecule has 2 rings (SSSR count). The number of benzene rings is 1. The van der Waals surface area contributed by atoms with E-state index in [0.29, 0.717) is 12.3 Å². The second-order valence-electron chi connectivity index (χ2n) is 4.94. The molecule has 0 bridgehead atoms. The number of aliphatic carboxylic acids is 1. The van der Waals surface area contributed by atoms with Crippen LogP contribution in [0.25, 0.3) is 0 Å². The Bertz CT molecular complexity index is 491. The fourth-order valence-electron chi connectivity index (χ4n) is 2.15. The van der Waals surface area contributed by atoms with Crippen LogP contribution < -0.4 is 10.5 Å². The van der Waals surface area contributed by atoms with Crippen molar-refractivity contribution in [3.8, 4) is 5.75 Å². The lowest BCUT2D eigenvalue weighted by molar-refractivity contribution is -0.143. The number of para-hydroxylation sites is 1. The molecular formula is C14H18N2O4. The highest BCUT2D eigenvalue weighted by Gasteiger charge is 2.42. The number of nitrogens with two attached hydrogens (primary N) is 1. The lowest BCUT2D eigenvalue weighted by atomic mass is 10.0. The van der Waals surface area contributed by atoms with Gasteiger partial charge in [0.25, 0.3) is 0 Å². The van der Waals surface area contributed by atoms with Crippen LogP contribution in [-0.2, 0) is 9.59 Å². The average molecular weight is 278 g/mol. The Balaban J connectivity index is 1.78. The van der Waals surface area contributed by atoms with Crippen LogP contribution in [0.1, 0.15) is 12.8 Å². The number of likely N-dealkylation sites (tertiary alicyclic amines) is 1. The van der Waals surface area contributed by atoms with E-state index in [2.05, 4.69) is 0 Å². The van der Waals surface area contributed by atoms with E-state index in [1.165, 1.54) is 4.90 Å². The summed E-state index contributed by atoms with van der Waals surface area (Å²) < 4.78 is 5.44. The largest absolute Gasteiger partial charge is 0.493 e. The monoisotopic (exact) mass is 278 g/mol. The van der Waals surface area contributed by atoms with Crippen LogP contribution in [0.15, 0.2) is 30.3 Å². The summed E-state index contributed by atoms with van der Waals surface area (Å²) >= 11 is 0. The summed E-state index contributed by atoms with van der Waals surface area (Å²) in [6.45, 7) is 0.712. The second kappa shape index (κ2) is 5.92. The van der Waals surface area contributed by atoms with Crippen molar-refractivity contribution in [2.45, 2.75) is 18.4 Å². The molecule has 1 saturated heterocycles. The molecule has 0 aliphatic carbocycles. The minimum absolute atomic E-state index is 0.0620. The molecule has 1 fully saturated rings. The first-order valence-corrected chi connectivity index (χ1v) is 6.49. The number of amides is 1. The van der Waals surface area contributed by atoms with Crippen molar-refractivity contribution >= 4 is 11.9 Å². The quantitative estimate of drug-likeness (QED) is 0.816. The zero-order chi connectivity index (χ0) is 14.6. The maximum Gasteiger partial charge on any atom is 0.325 e. The van der Waals surface area contributed by atoms with Gasteiger partial charge in [-0.05, 0) is 18.6 Å². The van der Waals surface area contributed by atoms with Gasteiger partial charge in [0.2, 0.25) is 5.91 Å². The lowest BCUT2D eigenvalue weighted by Gasteiger charge is -2.20. The molecule has 0 aromatic heterocycles. The van der Waals surface area contributed by atoms with Gasteiger partial charge in [0.05, 0.1) is 13.0 Å². The summed E-state index contributed by atoms with van der Waals surface area (Å²) in [5, 5.41) is 9.01. The third-order valence-corrected chi connectivity index (χ3v) is 3.41. The van der Waals surface area contributed by atoms with Gasteiger partial charge in [-0.3, -0.25) is 9.59 Å². The predicted octanol–water partition coefficient (Wildman–Crippen LogP) is 0.470. The van der Waals surface area contributed by atoms with Gasteiger partial charge in [0, 0.05) is 13.1 Å². The molecule has 1 aliphatic rings. The van der Waals surface area contributed by atoms with E-state index in [1.54, 1.807) is 0 Å². The molecule has 0 radical (unpaired) electrons. The molecule has 1 amide bonds. The predicted molar refractivity (Wildman–Crippen MR) is 72.3 cm³/mol. The third kappa shape index (κ3) is 3.27. The number of carboxylic acid groups (broad SMARTS) is 1. The van der Waals surface area contributed by atoms with Crippen LogP contribution in [-0.4, -0.2) is 47.1 Å². The standard InChI is InChI=1S/C14H18N2O4/c15-14(13(18)19)7-8-16(10-14)12(17)6-9-20-11-4-2-1-3-5-11/h1-5H,6-10,15H2,(H,18,19). The van der Waals surface area contributed by atoms with Gasteiger partial charge >= 0.3 is 5.97 Å². The summed E-state index contributed by atoms with van der Waals surface area (Å²) in [4.78, 5) is 24.4. The number of rotatable bonds is 5. The number of carbonyl (C=O) groups excluding carboxylic acids is 1. The first kappa shape index (κ1) is 14.3. The van der Waals surface area contributed by atoms with Crippen LogP contribution in [0.2, 0.25) is 0 Å². The molecule has 6 heteroatoms. The molecule has 108 valence electrons. The van der Waals surface area contributed by atoms with Crippen LogP contribution in [0.5, 0.6) is 5.75 Å². The minimum Gasteiger partial charge on any atom is -0.493 e. The number of nitrogens with zero attached hydrogens (tertiary/aromatic N) is 1. The molecule has 0 saturated carbocycles. The van der Waals surface area contributed by atoms with Crippen LogP contribution in [0.4, 0.5) is 0 Å². The molecular weight excluding hydrogens is 260 g/mol. The van der Waals surface area contributed by atoms with Crippen molar-refractivity contribution in [2.24, 2.45) is 5.73 Å². The van der Waals surface area contributed by atoms with Gasteiger partial charge in [0.1, 0.15) is 11.3 Å². The Labute approximate surface area is 117 Å². The van der Waals surface area contributed by atoms with Gasteiger partial charge in [0.15, 0.2) is 0 Å². The van der Waals surface area contributed by atoms with Gasteiger partial charge in [-0.2, -0.15) is 0 Å². The molecule has 1 aromatic carbocycles. The highest BCUT2D eigenvalue weighted by atomic mass is 16.5. The smallest absolute Gasteiger partial charge is 0.325 e. The first-order chi connectivity index (χ1) is 9.51. The highest BCUT2D eigenvalue weighted by Crippen LogP contribution is 2.19. The Kier molecular flexibility index (Phi) is 4.24. The van der Waals surface area contributed by atoms with Gasteiger partial charge < -0.3 is 20.5 Å². The summed E-state index contributed by atoms with van der Waals surface area (Å²) in [6.07, 6.45) is 0.498. The van der Waals surface area contributed by atoms with Crippen molar-refractivity contribution in [3.63, 3.8) is 0 Å². The van der Waals surface area contributed by atoms with Crippen molar-refractivity contribution in [2.75, 3.05) is 19.7 Å². The topological polar surface area (TPSA) is 92.9 Å².